The zero-order chi connectivity index (χ0) is 13.9. The fourth-order valence-electron chi connectivity index (χ4n) is 3.75. The van der Waals surface area contributed by atoms with Crippen molar-refractivity contribution in [2.24, 2.45) is 5.92 Å². The van der Waals surface area contributed by atoms with E-state index in [2.05, 4.69) is 10.2 Å². The number of likely N-dealkylation sites (tertiary alicyclic amines) is 1. The van der Waals surface area contributed by atoms with E-state index in [-0.39, 0.29) is 5.82 Å². The van der Waals surface area contributed by atoms with Gasteiger partial charge in [0.1, 0.15) is 5.82 Å². The monoisotopic (exact) mass is 276 g/mol. The first-order valence-electron chi connectivity index (χ1n) is 7.93. The molecule has 2 heterocycles. The summed E-state index contributed by atoms with van der Waals surface area (Å²) < 4.78 is 13.2. The van der Waals surface area contributed by atoms with Crippen LogP contribution < -0.4 is 5.32 Å². The van der Waals surface area contributed by atoms with Gasteiger partial charge in [-0.15, -0.1) is 0 Å². The largest absolute Gasteiger partial charge is 0.314 e. The van der Waals surface area contributed by atoms with E-state index in [1.54, 1.807) is 12.1 Å². The van der Waals surface area contributed by atoms with Crippen molar-refractivity contribution in [3.05, 3.63) is 35.1 Å². The van der Waals surface area contributed by atoms with E-state index in [0.29, 0.717) is 0 Å². The van der Waals surface area contributed by atoms with Crippen molar-refractivity contribution in [2.75, 3.05) is 19.6 Å². The van der Waals surface area contributed by atoms with Crippen LogP contribution in [-0.4, -0.2) is 30.6 Å². The molecule has 0 radical (unpaired) electrons. The zero-order valence-electron chi connectivity index (χ0n) is 12.4. The number of nitrogens with zero attached hydrogens (tertiary/aromatic N) is 1. The molecule has 2 nitrogen and oxygen atoms in total. The quantitative estimate of drug-likeness (QED) is 0.912. The highest BCUT2D eigenvalue weighted by Crippen LogP contribution is 2.26. The molecule has 0 saturated carbocycles. The van der Waals surface area contributed by atoms with Gasteiger partial charge in [-0.05, 0) is 74.9 Å². The Morgan fingerprint density at radius 1 is 1.30 bits per heavy atom. The van der Waals surface area contributed by atoms with Gasteiger partial charge in [-0.2, -0.15) is 0 Å². The summed E-state index contributed by atoms with van der Waals surface area (Å²) >= 11 is 0. The lowest BCUT2D eigenvalue weighted by Crippen LogP contribution is -2.43. The summed E-state index contributed by atoms with van der Waals surface area (Å²) in [6.45, 7) is 6.54. The van der Waals surface area contributed by atoms with Crippen LogP contribution >= 0.6 is 0 Å². The van der Waals surface area contributed by atoms with Crippen LogP contribution in [0.1, 0.15) is 36.8 Å². The lowest BCUT2D eigenvalue weighted by molar-refractivity contribution is 0.145. The van der Waals surface area contributed by atoms with Crippen LogP contribution in [0.3, 0.4) is 0 Å². The Hall–Kier alpha value is -0.930. The third-order valence-electron chi connectivity index (χ3n) is 4.91. The minimum Gasteiger partial charge on any atom is -0.314 e. The van der Waals surface area contributed by atoms with Crippen LogP contribution in [0, 0.1) is 18.7 Å². The average Bonchev–Trinajstić information content (AvgIpc) is 2.96. The number of aryl methyl sites for hydroxylation is 1. The van der Waals surface area contributed by atoms with Gasteiger partial charge in [-0.25, -0.2) is 4.39 Å². The Balaban J connectivity index is 1.62. The Morgan fingerprint density at radius 2 is 2.20 bits per heavy atom. The molecule has 3 heteroatoms. The number of hydrogen-bond donors (Lipinski definition) is 1. The molecule has 3 rings (SSSR count). The highest BCUT2D eigenvalue weighted by molar-refractivity contribution is 5.26. The van der Waals surface area contributed by atoms with Crippen molar-refractivity contribution in [3.63, 3.8) is 0 Å². The van der Waals surface area contributed by atoms with Gasteiger partial charge in [-0.3, -0.25) is 4.90 Å². The van der Waals surface area contributed by atoms with Crippen LogP contribution in [0.4, 0.5) is 4.39 Å². The summed E-state index contributed by atoms with van der Waals surface area (Å²) in [5.74, 6) is 0.671. The molecule has 20 heavy (non-hydrogen) atoms. The SMILES string of the molecule is Cc1cc(F)ccc1CN1CCCC(C2CCCN2)C1. The second-order valence-electron chi connectivity index (χ2n) is 6.41. The lowest BCUT2D eigenvalue weighted by Gasteiger charge is -2.36. The van der Waals surface area contributed by atoms with Gasteiger partial charge in [0, 0.05) is 19.1 Å². The molecule has 0 bridgehead atoms. The third kappa shape index (κ3) is 3.21. The van der Waals surface area contributed by atoms with E-state index >= 15 is 0 Å². The summed E-state index contributed by atoms with van der Waals surface area (Å²) in [6, 6.07) is 5.91. The van der Waals surface area contributed by atoms with Crippen molar-refractivity contribution in [1.82, 2.24) is 10.2 Å². The Labute approximate surface area is 121 Å². The molecule has 2 unspecified atom stereocenters. The van der Waals surface area contributed by atoms with Crippen molar-refractivity contribution < 1.29 is 4.39 Å². The minimum absolute atomic E-state index is 0.127. The summed E-state index contributed by atoms with van der Waals surface area (Å²) in [5, 5.41) is 3.65. The second kappa shape index (κ2) is 6.23. The van der Waals surface area contributed by atoms with E-state index in [1.807, 2.05) is 13.0 Å². The molecule has 2 atom stereocenters. The van der Waals surface area contributed by atoms with E-state index in [9.17, 15) is 4.39 Å². The molecule has 1 N–H and O–H groups in total. The van der Waals surface area contributed by atoms with E-state index in [4.69, 9.17) is 0 Å². The van der Waals surface area contributed by atoms with Crippen molar-refractivity contribution in [1.29, 1.82) is 0 Å². The molecule has 2 aliphatic heterocycles. The highest BCUT2D eigenvalue weighted by atomic mass is 19.1. The fraction of sp³-hybridized carbons (Fsp3) is 0.647. The minimum atomic E-state index is -0.127. The highest BCUT2D eigenvalue weighted by Gasteiger charge is 2.28. The summed E-state index contributed by atoms with van der Waals surface area (Å²) in [5.41, 5.74) is 2.34. The third-order valence-corrected chi connectivity index (χ3v) is 4.91. The topological polar surface area (TPSA) is 15.3 Å². The number of rotatable bonds is 3. The summed E-state index contributed by atoms with van der Waals surface area (Å²) in [4.78, 5) is 2.55. The standard InChI is InChI=1S/C17H25FN2/c1-13-10-16(18)7-6-14(13)11-20-9-3-4-15(12-20)17-5-2-8-19-17/h6-7,10,15,17,19H,2-5,8-9,11-12H2,1H3. The molecule has 0 spiro atoms. The Bertz CT molecular complexity index is 454. The van der Waals surface area contributed by atoms with Crippen molar-refractivity contribution >= 4 is 0 Å². The van der Waals surface area contributed by atoms with Crippen LogP contribution in [-0.2, 0) is 6.54 Å². The zero-order valence-corrected chi connectivity index (χ0v) is 12.4. The molecular formula is C17H25FN2. The normalized spacial score (nSPS) is 27.9. The van der Waals surface area contributed by atoms with Crippen molar-refractivity contribution in [2.45, 2.75) is 45.2 Å². The van der Waals surface area contributed by atoms with Gasteiger partial charge in [0.05, 0.1) is 0 Å². The van der Waals surface area contributed by atoms with Crippen molar-refractivity contribution in [3.8, 4) is 0 Å². The Morgan fingerprint density at radius 3 is 2.95 bits per heavy atom. The smallest absolute Gasteiger partial charge is 0.123 e. The second-order valence-corrected chi connectivity index (χ2v) is 6.41. The fourth-order valence-corrected chi connectivity index (χ4v) is 3.75. The van der Waals surface area contributed by atoms with E-state index in [0.717, 1.165) is 24.1 Å². The first-order valence-corrected chi connectivity index (χ1v) is 7.93. The van der Waals surface area contributed by atoms with E-state index in [1.165, 1.54) is 50.9 Å². The number of hydrogen-bond acceptors (Lipinski definition) is 2. The maximum Gasteiger partial charge on any atom is 0.123 e. The number of nitrogens with one attached hydrogen (secondary N) is 1. The predicted octanol–water partition coefficient (Wildman–Crippen LogP) is 3.10. The maximum absolute atomic E-state index is 13.2. The maximum atomic E-state index is 13.2. The van der Waals surface area contributed by atoms with Crippen LogP contribution in [0.15, 0.2) is 18.2 Å². The van der Waals surface area contributed by atoms with Gasteiger partial charge < -0.3 is 5.32 Å². The molecule has 0 aliphatic carbocycles. The predicted molar refractivity (Wildman–Crippen MR) is 80.2 cm³/mol. The molecular weight excluding hydrogens is 251 g/mol. The molecule has 0 aromatic heterocycles. The summed E-state index contributed by atoms with van der Waals surface area (Å²) in [6.07, 6.45) is 5.33. The van der Waals surface area contributed by atoms with Crippen LogP contribution in [0.25, 0.3) is 0 Å². The molecule has 2 saturated heterocycles. The van der Waals surface area contributed by atoms with Crippen LogP contribution in [0.5, 0.6) is 0 Å². The van der Waals surface area contributed by atoms with Gasteiger partial charge in [-0.1, -0.05) is 6.07 Å². The molecule has 2 fully saturated rings. The molecule has 1 aromatic carbocycles. The first-order chi connectivity index (χ1) is 9.72. The number of halogens is 1. The molecule has 2 aliphatic rings. The van der Waals surface area contributed by atoms with Crippen LogP contribution in [0.2, 0.25) is 0 Å². The van der Waals surface area contributed by atoms with Gasteiger partial charge in [0.15, 0.2) is 0 Å². The summed E-state index contributed by atoms with van der Waals surface area (Å²) in [7, 11) is 0. The first kappa shape index (κ1) is 14.0. The average molecular weight is 276 g/mol. The lowest BCUT2D eigenvalue weighted by atomic mass is 9.89. The van der Waals surface area contributed by atoms with Gasteiger partial charge >= 0.3 is 0 Å². The molecule has 110 valence electrons. The molecule has 1 aromatic rings. The number of piperidine rings is 1. The number of benzene rings is 1. The van der Waals surface area contributed by atoms with Gasteiger partial charge in [0.25, 0.3) is 0 Å². The molecule has 0 amide bonds. The van der Waals surface area contributed by atoms with E-state index < -0.39 is 0 Å². The Kier molecular flexibility index (Phi) is 4.37. The van der Waals surface area contributed by atoms with Gasteiger partial charge in [0.2, 0.25) is 0 Å².